The van der Waals surface area contributed by atoms with Crippen LogP contribution in [0.25, 0.3) is 10.6 Å². The molecule has 4 heteroatoms. The van der Waals surface area contributed by atoms with Crippen LogP contribution in [-0.2, 0) is 0 Å². The van der Waals surface area contributed by atoms with Crippen LogP contribution in [0, 0.1) is 25.5 Å². The lowest BCUT2D eigenvalue weighted by atomic mass is 10.1. The Balaban J connectivity index is 2.55. The molecule has 2 aromatic rings. The van der Waals surface area contributed by atoms with Gasteiger partial charge >= 0.3 is 0 Å². The van der Waals surface area contributed by atoms with Crippen molar-refractivity contribution < 1.29 is 8.78 Å². The first-order valence-corrected chi connectivity index (χ1v) is 5.34. The Labute approximate surface area is 90.4 Å². The minimum Gasteiger partial charge on any atom is -0.241 e. The molecular weight excluding hydrogens is 216 g/mol. The van der Waals surface area contributed by atoms with Gasteiger partial charge in [0.15, 0.2) is 0 Å². The van der Waals surface area contributed by atoms with Crippen molar-refractivity contribution in [1.82, 2.24) is 4.98 Å². The molecule has 0 bridgehead atoms. The second-order valence-corrected chi connectivity index (χ2v) is 4.22. The van der Waals surface area contributed by atoms with E-state index in [9.17, 15) is 8.78 Å². The van der Waals surface area contributed by atoms with Gasteiger partial charge in [-0.15, -0.1) is 11.3 Å². The SMILES string of the molecule is Cc1csc(-c2cc(F)c(C)c(F)c2)n1. The van der Waals surface area contributed by atoms with Gasteiger partial charge in [-0.25, -0.2) is 13.8 Å². The van der Waals surface area contributed by atoms with Crippen molar-refractivity contribution in [3.8, 4) is 10.6 Å². The molecule has 0 aliphatic heterocycles. The molecular formula is C11H9F2NS. The molecule has 0 radical (unpaired) electrons. The summed E-state index contributed by atoms with van der Waals surface area (Å²) in [5.41, 5.74) is 1.40. The topological polar surface area (TPSA) is 12.9 Å². The number of hydrogen-bond donors (Lipinski definition) is 0. The summed E-state index contributed by atoms with van der Waals surface area (Å²) in [6.07, 6.45) is 0. The average Bonchev–Trinajstić information content (AvgIpc) is 2.60. The highest BCUT2D eigenvalue weighted by molar-refractivity contribution is 7.13. The Bertz CT molecular complexity index is 482. The van der Waals surface area contributed by atoms with Crippen LogP contribution in [-0.4, -0.2) is 4.98 Å². The summed E-state index contributed by atoms with van der Waals surface area (Å²) in [6.45, 7) is 3.27. The zero-order chi connectivity index (χ0) is 11.0. The molecule has 0 aliphatic rings. The van der Waals surface area contributed by atoms with Crippen LogP contribution in [0.15, 0.2) is 17.5 Å². The normalized spacial score (nSPS) is 10.7. The maximum absolute atomic E-state index is 13.3. The Morgan fingerprint density at radius 3 is 2.20 bits per heavy atom. The second-order valence-electron chi connectivity index (χ2n) is 3.36. The summed E-state index contributed by atoms with van der Waals surface area (Å²) in [7, 11) is 0. The molecule has 78 valence electrons. The first kappa shape index (κ1) is 10.2. The van der Waals surface area contributed by atoms with Crippen LogP contribution >= 0.6 is 11.3 Å². The molecule has 0 spiro atoms. The van der Waals surface area contributed by atoms with Crippen molar-refractivity contribution in [2.75, 3.05) is 0 Å². The van der Waals surface area contributed by atoms with Crippen molar-refractivity contribution in [3.63, 3.8) is 0 Å². The number of hydrogen-bond acceptors (Lipinski definition) is 2. The summed E-state index contributed by atoms with van der Waals surface area (Å²) in [6, 6.07) is 2.63. The minimum atomic E-state index is -0.530. The van der Waals surface area contributed by atoms with Crippen LogP contribution in [0.4, 0.5) is 8.78 Å². The number of halogens is 2. The summed E-state index contributed by atoms with van der Waals surface area (Å²) < 4.78 is 26.5. The summed E-state index contributed by atoms with van der Waals surface area (Å²) in [5.74, 6) is -1.06. The van der Waals surface area contributed by atoms with E-state index in [1.54, 1.807) is 0 Å². The predicted molar refractivity (Wildman–Crippen MR) is 56.9 cm³/mol. The van der Waals surface area contributed by atoms with Gasteiger partial charge in [-0.05, 0) is 26.0 Å². The fraction of sp³-hybridized carbons (Fsp3) is 0.182. The second kappa shape index (κ2) is 3.70. The maximum Gasteiger partial charge on any atom is 0.129 e. The number of aryl methyl sites for hydroxylation is 1. The zero-order valence-corrected chi connectivity index (χ0v) is 9.16. The lowest BCUT2D eigenvalue weighted by molar-refractivity contribution is 0.569. The van der Waals surface area contributed by atoms with Crippen molar-refractivity contribution >= 4 is 11.3 Å². The third kappa shape index (κ3) is 1.90. The van der Waals surface area contributed by atoms with Gasteiger partial charge in [0, 0.05) is 22.2 Å². The van der Waals surface area contributed by atoms with Gasteiger partial charge in [-0.1, -0.05) is 0 Å². The Hall–Kier alpha value is -1.29. The van der Waals surface area contributed by atoms with Gasteiger partial charge in [0.2, 0.25) is 0 Å². The van der Waals surface area contributed by atoms with Crippen molar-refractivity contribution in [2.24, 2.45) is 0 Å². The lowest BCUT2D eigenvalue weighted by Crippen LogP contribution is -1.90. The van der Waals surface area contributed by atoms with Crippen LogP contribution in [0.2, 0.25) is 0 Å². The first-order valence-electron chi connectivity index (χ1n) is 4.46. The molecule has 0 aliphatic carbocycles. The molecule has 0 atom stereocenters. The molecule has 2 rings (SSSR count). The van der Waals surface area contributed by atoms with E-state index in [1.165, 1.54) is 30.4 Å². The van der Waals surface area contributed by atoms with E-state index in [2.05, 4.69) is 4.98 Å². The van der Waals surface area contributed by atoms with Gasteiger partial charge < -0.3 is 0 Å². The highest BCUT2D eigenvalue weighted by Gasteiger charge is 2.10. The predicted octanol–water partition coefficient (Wildman–Crippen LogP) is 3.71. The van der Waals surface area contributed by atoms with E-state index in [-0.39, 0.29) is 5.56 Å². The molecule has 0 amide bonds. The molecule has 0 N–H and O–H groups in total. The average molecular weight is 225 g/mol. The fourth-order valence-corrected chi connectivity index (χ4v) is 2.04. The van der Waals surface area contributed by atoms with E-state index < -0.39 is 11.6 Å². The summed E-state index contributed by atoms with van der Waals surface area (Å²) in [5, 5.41) is 2.50. The van der Waals surface area contributed by atoms with Gasteiger partial charge in [0.05, 0.1) is 0 Å². The van der Waals surface area contributed by atoms with Crippen molar-refractivity contribution in [2.45, 2.75) is 13.8 Å². The summed E-state index contributed by atoms with van der Waals surface area (Å²) in [4.78, 5) is 4.18. The summed E-state index contributed by atoms with van der Waals surface area (Å²) >= 11 is 1.38. The molecule has 0 fully saturated rings. The van der Waals surface area contributed by atoms with E-state index in [0.717, 1.165) is 5.69 Å². The van der Waals surface area contributed by atoms with Crippen LogP contribution in [0.3, 0.4) is 0 Å². The maximum atomic E-state index is 13.3. The van der Waals surface area contributed by atoms with Crippen LogP contribution in [0.1, 0.15) is 11.3 Å². The minimum absolute atomic E-state index is 0.0482. The van der Waals surface area contributed by atoms with E-state index >= 15 is 0 Å². The van der Waals surface area contributed by atoms with Crippen molar-refractivity contribution in [1.29, 1.82) is 0 Å². The quantitative estimate of drug-likeness (QED) is 0.721. The Kier molecular flexibility index (Phi) is 2.52. The standard InChI is InChI=1S/C11H9F2NS/c1-6-5-15-11(14-6)8-3-9(12)7(2)10(13)4-8/h3-5H,1-2H3. The zero-order valence-electron chi connectivity index (χ0n) is 8.34. The number of thiazole rings is 1. The number of benzene rings is 1. The molecule has 0 saturated heterocycles. The number of aromatic nitrogens is 1. The molecule has 1 aromatic heterocycles. The van der Waals surface area contributed by atoms with Gasteiger partial charge in [-0.3, -0.25) is 0 Å². The van der Waals surface area contributed by atoms with Gasteiger partial charge in [0.25, 0.3) is 0 Å². The Morgan fingerprint density at radius 1 is 1.13 bits per heavy atom. The molecule has 1 heterocycles. The molecule has 0 unspecified atom stereocenters. The Morgan fingerprint density at radius 2 is 1.73 bits per heavy atom. The number of nitrogens with zero attached hydrogens (tertiary/aromatic N) is 1. The highest BCUT2D eigenvalue weighted by Crippen LogP contribution is 2.26. The van der Waals surface area contributed by atoms with Gasteiger partial charge in [0.1, 0.15) is 16.6 Å². The van der Waals surface area contributed by atoms with E-state index in [1.807, 2.05) is 12.3 Å². The largest absolute Gasteiger partial charge is 0.241 e. The van der Waals surface area contributed by atoms with Crippen molar-refractivity contribution in [3.05, 3.63) is 40.4 Å². The molecule has 1 aromatic carbocycles. The molecule has 0 saturated carbocycles. The first-order chi connectivity index (χ1) is 7.08. The molecule has 15 heavy (non-hydrogen) atoms. The molecule has 1 nitrogen and oxygen atoms in total. The monoisotopic (exact) mass is 225 g/mol. The fourth-order valence-electron chi connectivity index (χ4n) is 1.26. The van der Waals surface area contributed by atoms with Crippen LogP contribution < -0.4 is 0 Å². The smallest absolute Gasteiger partial charge is 0.129 e. The van der Waals surface area contributed by atoms with E-state index in [4.69, 9.17) is 0 Å². The van der Waals surface area contributed by atoms with E-state index in [0.29, 0.717) is 10.6 Å². The lowest BCUT2D eigenvalue weighted by Gasteiger charge is -2.01. The highest BCUT2D eigenvalue weighted by atomic mass is 32.1. The number of rotatable bonds is 1. The third-order valence-electron chi connectivity index (χ3n) is 2.15. The van der Waals surface area contributed by atoms with Gasteiger partial charge in [-0.2, -0.15) is 0 Å². The van der Waals surface area contributed by atoms with Crippen LogP contribution in [0.5, 0.6) is 0 Å². The third-order valence-corrected chi connectivity index (χ3v) is 3.16.